The van der Waals surface area contributed by atoms with Crippen LogP contribution in [0.15, 0.2) is 49.1 Å². The first-order valence-electron chi connectivity index (χ1n) is 9.36. The SMILES string of the molecule is CCc1cnc(N[C@H]2CC[C@H](Nc3ccc(N4C=CC=CN4)cn3)C2)nn1. The lowest BCUT2D eigenvalue weighted by atomic mass is 10.2. The molecule has 1 aliphatic carbocycles. The highest BCUT2D eigenvalue weighted by Crippen LogP contribution is 2.25. The van der Waals surface area contributed by atoms with Crippen LogP contribution in [0.3, 0.4) is 0 Å². The number of aromatic nitrogens is 4. The minimum atomic E-state index is 0.352. The van der Waals surface area contributed by atoms with E-state index in [9.17, 15) is 0 Å². The van der Waals surface area contributed by atoms with Gasteiger partial charge in [0, 0.05) is 24.5 Å². The van der Waals surface area contributed by atoms with Gasteiger partial charge in [-0.05, 0) is 50.0 Å². The van der Waals surface area contributed by atoms with E-state index in [1.807, 2.05) is 54.8 Å². The van der Waals surface area contributed by atoms with Gasteiger partial charge in [0.25, 0.3) is 0 Å². The molecule has 1 saturated carbocycles. The zero-order valence-corrected chi connectivity index (χ0v) is 15.3. The van der Waals surface area contributed by atoms with E-state index in [0.717, 1.165) is 42.9 Å². The summed E-state index contributed by atoms with van der Waals surface area (Å²) in [5.74, 6) is 1.50. The second-order valence-electron chi connectivity index (χ2n) is 6.72. The van der Waals surface area contributed by atoms with E-state index >= 15 is 0 Å². The smallest absolute Gasteiger partial charge is 0.242 e. The van der Waals surface area contributed by atoms with Crippen LogP contribution >= 0.6 is 0 Å². The van der Waals surface area contributed by atoms with Crippen molar-refractivity contribution < 1.29 is 0 Å². The molecule has 8 heteroatoms. The predicted molar refractivity (Wildman–Crippen MR) is 106 cm³/mol. The second kappa shape index (κ2) is 8.03. The number of hydrogen-bond acceptors (Lipinski definition) is 8. The molecule has 0 unspecified atom stereocenters. The van der Waals surface area contributed by atoms with Gasteiger partial charge in [0.05, 0.1) is 23.8 Å². The fraction of sp³-hybridized carbons (Fsp3) is 0.368. The van der Waals surface area contributed by atoms with Crippen molar-refractivity contribution >= 4 is 17.5 Å². The maximum atomic E-state index is 4.54. The first-order chi connectivity index (χ1) is 13.3. The first kappa shape index (κ1) is 17.3. The highest BCUT2D eigenvalue weighted by Gasteiger charge is 2.25. The lowest BCUT2D eigenvalue weighted by molar-refractivity contribution is 0.711. The van der Waals surface area contributed by atoms with Crippen molar-refractivity contribution in [3.63, 3.8) is 0 Å². The van der Waals surface area contributed by atoms with E-state index in [1.54, 1.807) is 6.20 Å². The van der Waals surface area contributed by atoms with Gasteiger partial charge in [-0.25, -0.2) is 9.97 Å². The first-order valence-corrected chi connectivity index (χ1v) is 9.36. The Morgan fingerprint density at radius 3 is 2.63 bits per heavy atom. The standard InChI is InChI=1S/C19H24N8/c1-2-14-12-21-19(26-25-14)24-16-6-5-15(11-16)23-18-8-7-17(13-20-18)27-10-4-3-9-22-27/h3-4,7-10,12-13,15-16,22H,2,5-6,11H2,1H3,(H,20,23)(H,21,24,26)/t15-,16-/m0/s1. The molecule has 2 aromatic heterocycles. The van der Waals surface area contributed by atoms with E-state index in [0.29, 0.717) is 18.0 Å². The lowest BCUT2D eigenvalue weighted by Gasteiger charge is -2.22. The van der Waals surface area contributed by atoms with Crippen molar-refractivity contribution in [2.24, 2.45) is 0 Å². The summed E-state index contributed by atoms with van der Waals surface area (Å²) in [6.07, 6.45) is 15.4. The highest BCUT2D eigenvalue weighted by molar-refractivity contribution is 5.52. The molecule has 1 aliphatic heterocycles. The zero-order chi connectivity index (χ0) is 18.5. The van der Waals surface area contributed by atoms with Gasteiger partial charge in [-0.3, -0.25) is 5.01 Å². The summed E-state index contributed by atoms with van der Waals surface area (Å²) in [4.78, 5) is 8.88. The molecule has 8 nitrogen and oxygen atoms in total. The maximum Gasteiger partial charge on any atom is 0.242 e. The van der Waals surface area contributed by atoms with E-state index in [4.69, 9.17) is 0 Å². The quantitative estimate of drug-likeness (QED) is 0.721. The van der Waals surface area contributed by atoms with Crippen LogP contribution in [0.25, 0.3) is 0 Å². The third-order valence-corrected chi connectivity index (χ3v) is 4.77. The summed E-state index contributed by atoms with van der Waals surface area (Å²) in [5, 5.41) is 17.1. The molecule has 3 heterocycles. The summed E-state index contributed by atoms with van der Waals surface area (Å²) >= 11 is 0. The Hall–Kier alpha value is -3.16. The van der Waals surface area contributed by atoms with Crippen LogP contribution in [0, 0.1) is 0 Å². The molecule has 0 aromatic carbocycles. The fourth-order valence-electron chi connectivity index (χ4n) is 3.29. The normalized spacial score (nSPS) is 21.1. The van der Waals surface area contributed by atoms with Crippen LogP contribution in [0.5, 0.6) is 0 Å². The third-order valence-electron chi connectivity index (χ3n) is 4.77. The summed E-state index contributed by atoms with van der Waals surface area (Å²) in [6.45, 7) is 2.05. The molecule has 27 heavy (non-hydrogen) atoms. The molecule has 0 spiro atoms. The monoisotopic (exact) mass is 364 g/mol. The van der Waals surface area contributed by atoms with Gasteiger partial charge >= 0.3 is 0 Å². The molecule has 4 rings (SSSR count). The molecule has 2 atom stereocenters. The van der Waals surface area contributed by atoms with Crippen molar-refractivity contribution in [2.45, 2.75) is 44.7 Å². The summed E-state index contributed by atoms with van der Waals surface area (Å²) < 4.78 is 0. The molecule has 140 valence electrons. The van der Waals surface area contributed by atoms with E-state index < -0.39 is 0 Å². The highest BCUT2D eigenvalue weighted by atomic mass is 15.5. The average Bonchev–Trinajstić information content (AvgIpc) is 3.16. The minimum absolute atomic E-state index is 0.352. The zero-order valence-electron chi connectivity index (χ0n) is 15.3. The number of nitrogens with zero attached hydrogens (tertiary/aromatic N) is 5. The molecule has 0 bridgehead atoms. The van der Waals surface area contributed by atoms with E-state index in [2.05, 4.69) is 36.2 Å². The number of hydrogen-bond donors (Lipinski definition) is 3. The van der Waals surface area contributed by atoms with Crippen molar-refractivity contribution in [3.8, 4) is 0 Å². The average molecular weight is 364 g/mol. The van der Waals surface area contributed by atoms with Crippen molar-refractivity contribution in [2.75, 3.05) is 15.6 Å². The topological polar surface area (TPSA) is 90.9 Å². The third kappa shape index (κ3) is 4.33. The Balaban J connectivity index is 1.29. The molecule has 3 N–H and O–H groups in total. The van der Waals surface area contributed by atoms with Gasteiger partial charge in [0.2, 0.25) is 5.95 Å². The Morgan fingerprint density at radius 2 is 1.96 bits per heavy atom. The molecule has 1 fully saturated rings. The number of hydrazine groups is 1. The Kier molecular flexibility index (Phi) is 5.13. The number of nitrogens with one attached hydrogen (secondary N) is 3. The van der Waals surface area contributed by atoms with Crippen molar-refractivity contribution in [1.29, 1.82) is 0 Å². The number of allylic oxidation sites excluding steroid dienone is 2. The van der Waals surface area contributed by atoms with Crippen LogP contribution in [-0.4, -0.2) is 32.2 Å². The number of pyridine rings is 1. The van der Waals surface area contributed by atoms with Gasteiger partial charge in [0.1, 0.15) is 5.82 Å². The van der Waals surface area contributed by atoms with Gasteiger partial charge < -0.3 is 16.1 Å². The predicted octanol–water partition coefficient (Wildman–Crippen LogP) is 2.63. The summed E-state index contributed by atoms with van der Waals surface area (Å²) in [6, 6.07) is 4.80. The summed E-state index contributed by atoms with van der Waals surface area (Å²) in [7, 11) is 0. The van der Waals surface area contributed by atoms with Gasteiger partial charge in [-0.15, -0.1) is 5.10 Å². The molecular formula is C19H24N8. The molecule has 2 aromatic rings. The molecule has 0 radical (unpaired) electrons. The fourth-order valence-corrected chi connectivity index (χ4v) is 3.29. The van der Waals surface area contributed by atoms with E-state index in [1.165, 1.54) is 0 Å². The maximum absolute atomic E-state index is 4.54. The van der Waals surface area contributed by atoms with Gasteiger partial charge in [0.15, 0.2) is 0 Å². The molecule has 0 saturated heterocycles. The molecular weight excluding hydrogens is 340 g/mol. The molecule has 2 aliphatic rings. The van der Waals surface area contributed by atoms with Crippen LogP contribution in [0.2, 0.25) is 0 Å². The summed E-state index contributed by atoms with van der Waals surface area (Å²) in [5.41, 5.74) is 5.05. The number of rotatable bonds is 6. The number of anilines is 3. The Bertz CT molecular complexity index is 799. The number of aryl methyl sites for hydroxylation is 1. The van der Waals surface area contributed by atoms with Crippen molar-refractivity contribution in [3.05, 3.63) is 54.8 Å². The lowest BCUT2D eigenvalue weighted by Crippen LogP contribution is -2.30. The molecule has 0 amide bonds. The van der Waals surface area contributed by atoms with Crippen LogP contribution in [0.1, 0.15) is 31.9 Å². The minimum Gasteiger partial charge on any atom is -0.367 e. The van der Waals surface area contributed by atoms with Gasteiger partial charge in [-0.1, -0.05) is 6.92 Å². The Morgan fingerprint density at radius 1 is 1.07 bits per heavy atom. The van der Waals surface area contributed by atoms with Crippen LogP contribution in [-0.2, 0) is 6.42 Å². The van der Waals surface area contributed by atoms with Gasteiger partial charge in [-0.2, -0.15) is 5.10 Å². The van der Waals surface area contributed by atoms with Crippen LogP contribution < -0.4 is 21.1 Å². The van der Waals surface area contributed by atoms with Crippen molar-refractivity contribution in [1.82, 2.24) is 25.6 Å². The van der Waals surface area contributed by atoms with E-state index in [-0.39, 0.29) is 0 Å². The largest absolute Gasteiger partial charge is 0.367 e. The Labute approximate surface area is 158 Å². The second-order valence-corrected chi connectivity index (χ2v) is 6.72. The van der Waals surface area contributed by atoms with Crippen LogP contribution in [0.4, 0.5) is 17.5 Å².